The van der Waals surface area contributed by atoms with Crippen molar-refractivity contribution < 1.29 is 17.6 Å². The van der Waals surface area contributed by atoms with Gasteiger partial charge in [-0.3, -0.25) is 9.71 Å². The predicted molar refractivity (Wildman–Crippen MR) is 134 cm³/mol. The highest BCUT2D eigenvalue weighted by atomic mass is 35.5. The van der Waals surface area contributed by atoms with Crippen molar-refractivity contribution in [1.82, 2.24) is 10.3 Å². The fourth-order valence-electron chi connectivity index (χ4n) is 3.30. The molecule has 2 amide bonds. The first-order chi connectivity index (χ1) is 16.8. The number of hydrogen-bond acceptors (Lipinski definition) is 4. The van der Waals surface area contributed by atoms with Crippen molar-refractivity contribution in [3.8, 4) is 11.1 Å². The zero-order valence-corrected chi connectivity index (χ0v) is 19.8. The van der Waals surface area contributed by atoms with Crippen molar-refractivity contribution in [2.75, 3.05) is 10.0 Å². The van der Waals surface area contributed by atoms with E-state index in [9.17, 15) is 17.6 Å². The van der Waals surface area contributed by atoms with E-state index in [-0.39, 0.29) is 9.92 Å². The molecule has 10 heteroatoms. The number of carbonyl (C=O) groups is 1. The number of amides is 2. The molecule has 35 heavy (non-hydrogen) atoms. The molecule has 3 N–H and O–H groups in total. The number of pyridine rings is 1. The van der Waals surface area contributed by atoms with E-state index in [1.165, 1.54) is 30.3 Å². The second-order valence-electron chi connectivity index (χ2n) is 7.48. The van der Waals surface area contributed by atoms with Gasteiger partial charge in [0.15, 0.2) is 0 Å². The van der Waals surface area contributed by atoms with Crippen LogP contribution in [0.15, 0.2) is 96.2 Å². The summed E-state index contributed by atoms with van der Waals surface area (Å²) < 4.78 is 42.7. The van der Waals surface area contributed by atoms with Gasteiger partial charge in [-0.15, -0.1) is 0 Å². The minimum atomic E-state index is -4.00. The van der Waals surface area contributed by atoms with Crippen LogP contribution in [-0.4, -0.2) is 19.4 Å². The highest BCUT2D eigenvalue weighted by molar-refractivity contribution is 7.92. The molecule has 7 nitrogen and oxygen atoms in total. The Labute approximate surface area is 207 Å². The molecule has 0 aliphatic heterocycles. The second-order valence-corrected chi connectivity index (χ2v) is 9.53. The Morgan fingerprint density at radius 3 is 2.40 bits per heavy atom. The van der Waals surface area contributed by atoms with E-state index in [1.54, 1.807) is 54.9 Å². The van der Waals surface area contributed by atoms with Crippen LogP contribution in [0.2, 0.25) is 5.02 Å². The Hall–Kier alpha value is -3.95. The van der Waals surface area contributed by atoms with Crippen LogP contribution in [0.5, 0.6) is 0 Å². The average Bonchev–Trinajstić information content (AvgIpc) is 2.86. The van der Waals surface area contributed by atoms with Crippen LogP contribution in [0.4, 0.5) is 20.6 Å². The summed E-state index contributed by atoms with van der Waals surface area (Å²) in [7, 11) is -4.00. The number of benzene rings is 3. The van der Waals surface area contributed by atoms with Crippen molar-refractivity contribution in [3.05, 3.63) is 108 Å². The molecule has 0 saturated carbocycles. The summed E-state index contributed by atoms with van der Waals surface area (Å²) in [4.78, 5) is 16.1. The minimum absolute atomic E-state index is 0.0151. The van der Waals surface area contributed by atoms with Crippen LogP contribution in [0.3, 0.4) is 0 Å². The van der Waals surface area contributed by atoms with Gasteiger partial charge in [0.05, 0.1) is 9.92 Å². The Morgan fingerprint density at radius 2 is 1.69 bits per heavy atom. The van der Waals surface area contributed by atoms with Crippen LogP contribution in [-0.2, 0) is 16.6 Å². The average molecular weight is 511 g/mol. The highest BCUT2D eigenvalue weighted by Crippen LogP contribution is 2.31. The SMILES string of the molecule is O=C(NCc1cccnc1)Nc1ccc(NS(=O)(=O)c2ccccc2-c2ccc(Cl)c(F)c2)cc1. The number of aromatic nitrogens is 1. The lowest BCUT2D eigenvalue weighted by atomic mass is 10.1. The molecule has 0 atom stereocenters. The lowest BCUT2D eigenvalue weighted by molar-refractivity contribution is 0.251. The van der Waals surface area contributed by atoms with Gasteiger partial charge in [0.25, 0.3) is 10.0 Å². The topological polar surface area (TPSA) is 100 Å². The van der Waals surface area contributed by atoms with Gasteiger partial charge in [0, 0.05) is 35.9 Å². The molecule has 0 fully saturated rings. The van der Waals surface area contributed by atoms with Crippen molar-refractivity contribution in [2.45, 2.75) is 11.4 Å². The molecule has 0 spiro atoms. The smallest absolute Gasteiger partial charge is 0.319 e. The third-order valence-electron chi connectivity index (χ3n) is 4.98. The van der Waals surface area contributed by atoms with Gasteiger partial charge in [-0.25, -0.2) is 17.6 Å². The van der Waals surface area contributed by atoms with E-state index in [4.69, 9.17) is 11.6 Å². The van der Waals surface area contributed by atoms with Crippen molar-refractivity contribution >= 4 is 39.0 Å². The van der Waals surface area contributed by atoms with E-state index in [2.05, 4.69) is 20.3 Å². The van der Waals surface area contributed by atoms with Crippen LogP contribution < -0.4 is 15.4 Å². The van der Waals surface area contributed by atoms with Crippen LogP contribution in [0, 0.1) is 5.82 Å². The molecular formula is C25H20ClFN4O3S. The fourth-order valence-corrected chi connectivity index (χ4v) is 4.70. The van der Waals surface area contributed by atoms with Gasteiger partial charge < -0.3 is 10.6 Å². The van der Waals surface area contributed by atoms with Gasteiger partial charge in [-0.2, -0.15) is 0 Å². The summed E-state index contributed by atoms with van der Waals surface area (Å²) in [6.07, 6.45) is 3.30. The second kappa shape index (κ2) is 10.5. The van der Waals surface area contributed by atoms with Crippen molar-refractivity contribution in [3.63, 3.8) is 0 Å². The van der Waals surface area contributed by atoms with E-state index in [0.717, 1.165) is 5.56 Å². The normalized spacial score (nSPS) is 11.0. The summed E-state index contributed by atoms with van der Waals surface area (Å²) >= 11 is 5.76. The third-order valence-corrected chi connectivity index (χ3v) is 6.72. The summed E-state index contributed by atoms with van der Waals surface area (Å²) in [5.41, 5.74) is 2.34. The zero-order chi connectivity index (χ0) is 24.8. The molecule has 0 saturated heterocycles. The van der Waals surface area contributed by atoms with Gasteiger partial charge in [-0.1, -0.05) is 41.9 Å². The molecule has 0 bridgehead atoms. The van der Waals surface area contributed by atoms with Gasteiger partial charge in [-0.05, 0) is 59.7 Å². The fraction of sp³-hybridized carbons (Fsp3) is 0.0400. The molecular weight excluding hydrogens is 491 g/mol. The predicted octanol–water partition coefficient (Wildman–Crippen LogP) is 5.66. The van der Waals surface area contributed by atoms with Crippen molar-refractivity contribution in [1.29, 1.82) is 0 Å². The molecule has 178 valence electrons. The number of halogens is 2. The first-order valence-electron chi connectivity index (χ1n) is 10.4. The lowest BCUT2D eigenvalue weighted by Gasteiger charge is -2.13. The van der Waals surface area contributed by atoms with Crippen LogP contribution in [0.1, 0.15) is 5.56 Å². The van der Waals surface area contributed by atoms with Crippen LogP contribution >= 0.6 is 11.6 Å². The number of sulfonamides is 1. The van der Waals surface area contributed by atoms with Gasteiger partial charge >= 0.3 is 6.03 Å². The number of urea groups is 1. The summed E-state index contributed by atoms with van der Waals surface area (Å²) in [5, 5.41) is 5.35. The zero-order valence-electron chi connectivity index (χ0n) is 18.2. The largest absolute Gasteiger partial charge is 0.334 e. The van der Waals surface area contributed by atoms with Crippen molar-refractivity contribution in [2.24, 2.45) is 0 Å². The molecule has 0 unspecified atom stereocenters. The van der Waals surface area contributed by atoms with E-state index in [1.807, 2.05) is 6.07 Å². The van der Waals surface area contributed by atoms with E-state index in [0.29, 0.717) is 29.0 Å². The Balaban J connectivity index is 1.45. The van der Waals surface area contributed by atoms with Crippen LogP contribution in [0.25, 0.3) is 11.1 Å². The molecule has 1 aromatic heterocycles. The first-order valence-corrected chi connectivity index (χ1v) is 12.3. The molecule has 1 heterocycles. The molecule has 0 aliphatic rings. The summed E-state index contributed by atoms with van der Waals surface area (Å²) in [6, 6.07) is 19.8. The minimum Gasteiger partial charge on any atom is -0.334 e. The maximum atomic E-state index is 14.0. The number of hydrogen-bond donors (Lipinski definition) is 3. The quantitative estimate of drug-likeness (QED) is 0.298. The molecule has 0 aliphatic carbocycles. The third kappa shape index (κ3) is 6.14. The highest BCUT2D eigenvalue weighted by Gasteiger charge is 2.20. The number of nitrogens with zero attached hydrogens (tertiary/aromatic N) is 1. The Bertz CT molecular complexity index is 1450. The van der Waals surface area contributed by atoms with E-state index < -0.39 is 21.9 Å². The first kappa shape index (κ1) is 24.2. The van der Waals surface area contributed by atoms with E-state index >= 15 is 0 Å². The lowest BCUT2D eigenvalue weighted by Crippen LogP contribution is -2.28. The Kier molecular flexibility index (Phi) is 7.28. The maximum Gasteiger partial charge on any atom is 0.319 e. The standard InChI is InChI=1S/C25H20ClFN4O3S/c26-22-12-7-18(14-23(22)27)21-5-1-2-6-24(21)35(33,34)31-20-10-8-19(9-11-20)30-25(32)29-16-17-4-3-13-28-15-17/h1-15,31H,16H2,(H2,29,30,32). The van der Waals surface area contributed by atoms with Gasteiger partial charge in [0.1, 0.15) is 5.82 Å². The molecule has 4 aromatic rings. The monoisotopic (exact) mass is 510 g/mol. The molecule has 0 radical (unpaired) electrons. The molecule has 4 rings (SSSR count). The summed E-state index contributed by atoms with van der Waals surface area (Å²) in [6.45, 7) is 0.314. The number of anilines is 2. The Morgan fingerprint density at radius 1 is 0.943 bits per heavy atom. The number of nitrogens with one attached hydrogen (secondary N) is 3. The number of carbonyl (C=O) groups excluding carboxylic acids is 1. The summed E-state index contributed by atoms with van der Waals surface area (Å²) in [5.74, 6) is -0.642. The maximum absolute atomic E-state index is 14.0. The number of rotatable bonds is 7. The van der Waals surface area contributed by atoms with Gasteiger partial charge in [0.2, 0.25) is 0 Å². The molecule has 3 aromatic carbocycles.